The molecule has 0 spiro atoms. The van der Waals surface area contributed by atoms with Gasteiger partial charge < -0.3 is 0 Å². The van der Waals surface area contributed by atoms with Gasteiger partial charge in [0.05, 0.1) is 16.8 Å². The average Bonchev–Trinajstić information content (AvgIpc) is 2.92. The van der Waals surface area contributed by atoms with Crippen LogP contribution in [0.1, 0.15) is 0 Å². The molecule has 0 aliphatic rings. The van der Waals surface area contributed by atoms with Crippen LogP contribution in [-0.4, -0.2) is 24.1 Å². The van der Waals surface area contributed by atoms with E-state index in [1.54, 1.807) is 12.3 Å². The maximum absolute atomic E-state index is 11.5. The number of hydrogen-bond acceptors (Lipinski definition) is 4. The van der Waals surface area contributed by atoms with Gasteiger partial charge in [0, 0.05) is 16.9 Å². The van der Waals surface area contributed by atoms with Gasteiger partial charge >= 0.3 is 0 Å². The second-order valence-electron chi connectivity index (χ2n) is 4.11. The number of rotatable bonds is 2. The first kappa shape index (κ1) is 12.8. The van der Waals surface area contributed by atoms with Crippen LogP contribution in [0.2, 0.25) is 0 Å². The van der Waals surface area contributed by atoms with Gasteiger partial charge in [-0.2, -0.15) is 0 Å². The summed E-state index contributed by atoms with van der Waals surface area (Å²) >= 11 is 4.67. The number of thiophene rings is 1. The minimum absolute atomic E-state index is 0.368. The van der Waals surface area contributed by atoms with Crippen LogP contribution in [-0.2, 0) is 9.84 Å². The van der Waals surface area contributed by atoms with E-state index in [2.05, 4.69) is 20.9 Å². The third-order valence-corrected chi connectivity index (χ3v) is 6.07. The summed E-state index contributed by atoms with van der Waals surface area (Å²) in [7, 11) is -3.15. The van der Waals surface area contributed by atoms with E-state index in [-0.39, 0.29) is 0 Å². The summed E-state index contributed by atoms with van der Waals surface area (Å²) in [5.74, 6) is 0. The smallest absolute Gasteiger partial charge is 0.184 e. The molecule has 3 heterocycles. The number of nitrogens with zero attached hydrogens (tertiary/aromatic N) is 2. The molecule has 0 aliphatic carbocycles. The summed E-state index contributed by atoms with van der Waals surface area (Å²) in [6.45, 7) is 0. The molecule has 3 aromatic rings. The molecular formula is C12H9BrN2O2S2. The van der Waals surface area contributed by atoms with Crippen molar-refractivity contribution in [2.45, 2.75) is 4.21 Å². The highest BCUT2D eigenvalue weighted by atomic mass is 79.9. The maximum Gasteiger partial charge on any atom is 0.184 e. The molecule has 0 aromatic carbocycles. The van der Waals surface area contributed by atoms with Crippen LogP contribution in [0.4, 0.5) is 0 Å². The lowest BCUT2D eigenvalue weighted by Gasteiger charge is -1.99. The zero-order chi connectivity index (χ0) is 13.6. The fourth-order valence-electron chi connectivity index (χ4n) is 1.79. The predicted octanol–water partition coefficient (Wildman–Crippen LogP) is 3.23. The Labute approximate surface area is 122 Å². The quantitative estimate of drug-likeness (QED) is 0.708. The van der Waals surface area contributed by atoms with Crippen molar-refractivity contribution < 1.29 is 8.42 Å². The first-order chi connectivity index (χ1) is 8.95. The Morgan fingerprint density at radius 1 is 1.26 bits per heavy atom. The topological polar surface area (TPSA) is 51.4 Å². The van der Waals surface area contributed by atoms with E-state index in [0.717, 1.165) is 20.7 Å². The predicted molar refractivity (Wildman–Crippen MR) is 79.3 cm³/mol. The first-order valence-corrected chi connectivity index (χ1v) is 8.88. The van der Waals surface area contributed by atoms with Crippen molar-refractivity contribution in [3.63, 3.8) is 0 Å². The Hall–Kier alpha value is -1.18. The summed E-state index contributed by atoms with van der Waals surface area (Å²) in [5.41, 5.74) is 1.71. The Morgan fingerprint density at radius 2 is 2.05 bits per heavy atom. The van der Waals surface area contributed by atoms with Crippen molar-refractivity contribution >= 4 is 42.8 Å². The summed E-state index contributed by atoms with van der Waals surface area (Å²) in [5, 5.41) is 0. The van der Waals surface area contributed by atoms with Gasteiger partial charge in [-0.15, -0.1) is 11.3 Å². The summed E-state index contributed by atoms with van der Waals surface area (Å²) < 4.78 is 26.3. The molecule has 98 valence electrons. The third-order valence-electron chi connectivity index (χ3n) is 2.67. The van der Waals surface area contributed by atoms with Gasteiger partial charge in [0.1, 0.15) is 9.86 Å². The van der Waals surface area contributed by atoms with E-state index >= 15 is 0 Å². The molecule has 0 fully saturated rings. The number of halogens is 1. The fraction of sp³-hybridized carbons (Fsp3) is 0.0833. The lowest BCUT2D eigenvalue weighted by atomic mass is 10.3. The second kappa shape index (κ2) is 4.43. The van der Waals surface area contributed by atoms with Gasteiger partial charge in [-0.05, 0) is 40.2 Å². The third kappa shape index (κ3) is 2.33. The highest BCUT2D eigenvalue weighted by Crippen LogP contribution is 2.31. The lowest BCUT2D eigenvalue weighted by Crippen LogP contribution is -1.91. The molecule has 3 rings (SSSR count). The van der Waals surface area contributed by atoms with E-state index in [0.29, 0.717) is 4.21 Å². The molecule has 3 aromatic heterocycles. The van der Waals surface area contributed by atoms with Crippen LogP contribution < -0.4 is 0 Å². The number of pyridine rings is 1. The van der Waals surface area contributed by atoms with Crippen molar-refractivity contribution in [3.05, 3.63) is 41.1 Å². The van der Waals surface area contributed by atoms with Crippen LogP contribution in [0, 0.1) is 0 Å². The second-order valence-corrected chi connectivity index (χ2v) is 8.35. The summed E-state index contributed by atoms with van der Waals surface area (Å²) in [6, 6.07) is 7.26. The Bertz CT molecular complexity index is 865. The molecular weight excluding hydrogens is 348 g/mol. The van der Waals surface area contributed by atoms with Crippen LogP contribution in [0.25, 0.3) is 16.2 Å². The number of hydrogen-bond donors (Lipinski definition) is 0. The van der Waals surface area contributed by atoms with Crippen LogP contribution in [0.3, 0.4) is 0 Å². The average molecular weight is 357 g/mol. The standard InChI is InChI=1S/C12H9BrN2O2S2/c1-19(16,17)12-5-3-10(18-12)9-6-14-11-4-2-8(13)7-15(9)11/h2-7H,1H3. The number of sulfone groups is 1. The zero-order valence-corrected chi connectivity index (χ0v) is 13.1. The largest absolute Gasteiger partial charge is 0.298 e. The Kier molecular flexibility index (Phi) is 2.99. The van der Waals surface area contributed by atoms with Crippen LogP contribution in [0.5, 0.6) is 0 Å². The molecule has 4 nitrogen and oxygen atoms in total. The minimum Gasteiger partial charge on any atom is -0.298 e. The summed E-state index contributed by atoms with van der Waals surface area (Å²) in [6.07, 6.45) is 4.88. The van der Waals surface area contributed by atoms with E-state index in [4.69, 9.17) is 0 Å². The molecule has 0 saturated carbocycles. The zero-order valence-electron chi connectivity index (χ0n) is 9.87. The maximum atomic E-state index is 11.5. The van der Waals surface area contributed by atoms with Crippen molar-refractivity contribution in [1.29, 1.82) is 0 Å². The molecule has 0 atom stereocenters. The molecule has 0 N–H and O–H groups in total. The molecule has 0 radical (unpaired) electrons. The highest BCUT2D eigenvalue weighted by Gasteiger charge is 2.14. The molecule has 0 unspecified atom stereocenters. The van der Waals surface area contributed by atoms with Crippen molar-refractivity contribution in [2.75, 3.05) is 6.26 Å². The fourth-order valence-corrected chi connectivity index (χ4v) is 4.07. The molecule has 0 amide bonds. The number of aromatic nitrogens is 2. The van der Waals surface area contributed by atoms with Crippen molar-refractivity contribution in [1.82, 2.24) is 9.38 Å². The van der Waals surface area contributed by atoms with Crippen molar-refractivity contribution in [3.8, 4) is 10.6 Å². The highest BCUT2D eigenvalue weighted by molar-refractivity contribution is 9.10. The Morgan fingerprint density at radius 3 is 2.74 bits per heavy atom. The van der Waals surface area contributed by atoms with E-state index < -0.39 is 9.84 Å². The monoisotopic (exact) mass is 356 g/mol. The Balaban J connectivity index is 2.19. The molecule has 7 heteroatoms. The molecule has 0 aliphatic heterocycles. The van der Waals surface area contributed by atoms with E-state index in [1.807, 2.05) is 28.8 Å². The number of imidazole rings is 1. The SMILES string of the molecule is CS(=O)(=O)c1ccc(-c2cnc3ccc(Br)cn23)s1. The van der Waals surface area contributed by atoms with Gasteiger partial charge in [0.25, 0.3) is 0 Å². The van der Waals surface area contributed by atoms with Gasteiger partial charge in [0.2, 0.25) is 0 Å². The van der Waals surface area contributed by atoms with Crippen molar-refractivity contribution in [2.24, 2.45) is 0 Å². The molecule has 0 saturated heterocycles. The van der Waals surface area contributed by atoms with Gasteiger partial charge in [-0.3, -0.25) is 4.40 Å². The lowest BCUT2D eigenvalue weighted by molar-refractivity contribution is 0.604. The number of fused-ring (bicyclic) bond motifs is 1. The molecule has 0 bridgehead atoms. The van der Waals surface area contributed by atoms with Gasteiger partial charge in [0.15, 0.2) is 9.84 Å². The van der Waals surface area contributed by atoms with Crippen LogP contribution in [0.15, 0.2) is 45.3 Å². The van der Waals surface area contributed by atoms with E-state index in [9.17, 15) is 8.42 Å². The molecule has 19 heavy (non-hydrogen) atoms. The first-order valence-electron chi connectivity index (χ1n) is 5.38. The normalized spacial score (nSPS) is 12.1. The minimum atomic E-state index is -3.15. The van der Waals surface area contributed by atoms with Crippen LogP contribution >= 0.6 is 27.3 Å². The van der Waals surface area contributed by atoms with Gasteiger partial charge in [-0.1, -0.05) is 0 Å². The van der Waals surface area contributed by atoms with E-state index in [1.165, 1.54) is 17.6 Å². The van der Waals surface area contributed by atoms with Gasteiger partial charge in [-0.25, -0.2) is 13.4 Å². The summed E-state index contributed by atoms with van der Waals surface area (Å²) in [4.78, 5) is 5.19.